The highest BCUT2D eigenvalue weighted by Crippen LogP contribution is 1.93. The molecule has 0 bridgehead atoms. The maximum absolute atomic E-state index is 10.9. The lowest BCUT2D eigenvalue weighted by Crippen LogP contribution is -2.15. The zero-order valence-corrected chi connectivity index (χ0v) is 8.99. The zero-order valence-electron chi connectivity index (χ0n) is 8.99. The lowest BCUT2D eigenvalue weighted by Gasteiger charge is -2.07. The molecule has 1 unspecified atom stereocenters. The Kier molecular flexibility index (Phi) is 7.14. The normalized spacial score (nSPS) is 11.3. The largest absolute Gasteiger partial charge is 0.460 e. The number of hydrogen-bond donors (Lipinski definition) is 0. The van der Waals surface area contributed by atoms with Gasteiger partial charge in [-0.3, -0.25) is 0 Å². The van der Waals surface area contributed by atoms with Gasteiger partial charge in [-0.25, -0.2) is 14.6 Å². The third-order valence-corrected chi connectivity index (χ3v) is 1.44. The van der Waals surface area contributed by atoms with Crippen LogP contribution in [0.2, 0.25) is 0 Å². The van der Waals surface area contributed by atoms with Crippen LogP contribution in [0.1, 0.15) is 13.8 Å². The molecule has 0 N–H and O–H groups in total. The van der Waals surface area contributed by atoms with Gasteiger partial charge in [-0.1, -0.05) is 6.58 Å². The summed E-state index contributed by atoms with van der Waals surface area (Å²) in [5, 5.41) is 0. The van der Waals surface area contributed by atoms with Gasteiger partial charge in [-0.15, -0.1) is 0 Å². The maximum Gasteiger partial charge on any atom is 0.333 e. The molecular formula is C10H15NO4. The fourth-order valence-corrected chi connectivity index (χ4v) is 0.698. The van der Waals surface area contributed by atoms with E-state index in [2.05, 4.69) is 11.6 Å². The van der Waals surface area contributed by atoms with Crippen LogP contribution in [0.25, 0.3) is 0 Å². The van der Waals surface area contributed by atoms with E-state index in [-0.39, 0.29) is 19.3 Å². The molecule has 5 heteroatoms. The first-order chi connectivity index (χ1) is 7.07. The summed E-state index contributed by atoms with van der Waals surface area (Å²) < 4.78 is 9.87. The molecule has 0 aromatic heterocycles. The van der Waals surface area contributed by atoms with E-state index in [4.69, 9.17) is 9.47 Å². The molecule has 0 amide bonds. The number of rotatable bonds is 7. The van der Waals surface area contributed by atoms with Crippen molar-refractivity contribution in [3.63, 3.8) is 0 Å². The van der Waals surface area contributed by atoms with Gasteiger partial charge in [0.25, 0.3) is 0 Å². The van der Waals surface area contributed by atoms with E-state index in [9.17, 15) is 9.59 Å². The lowest BCUT2D eigenvalue weighted by atomic mass is 10.4. The molecule has 0 aliphatic rings. The predicted octanol–water partition coefficient (Wildman–Crippen LogP) is 0.847. The van der Waals surface area contributed by atoms with Crippen LogP contribution in [0.4, 0.5) is 0 Å². The minimum Gasteiger partial charge on any atom is -0.460 e. The Morgan fingerprint density at radius 3 is 2.73 bits per heavy atom. The molecule has 0 fully saturated rings. The second-order valence-corrected chi connectivity index (χ2v) is 3.06. The van der Waals surface area contributed by atoms with Crippen molar-refractivity contribution in [2.75, 3.05) is 19.8 Å². The highest BCUT2D eigenvalue weighted by Gasteiger charge is 2.03. The average molecular weight is 213 g/mol. The summed E-state index contributed by atoms with van der Waals surface area (Å²) in [6.45, 7) is 7.48. The number of carbonyl (C=O) groups excluding carboxylic acids is 2. The Hall–Kier alpha value is -1.45. The number of nitrogens with zero attached hydrogens (tertiary/aromatic N) is 1. The van der Waals surface area contributed by atoms with Gasteiger partial charge in [0.05, 0.1) is 19.3 Å². The van der Waals surface area contributed by atoms with E-state index in [1.54, 1.807) is 13.8 Å². The van der Waals surface area contributed by atoms with Gasteiger partial charge < -0.3 is 9.47 Å². The van der Waals surface area contributed by atoms with Crippen LogP contribution in [-0.4, -0.2) is 37.9 Å². The fraction of sp³-hybridized carbons (Fsp3) is 0.600. The van der Waals surface area contributed by atoms with Crippen LogP contribution in [0.15, 0.2) is 17.1 Å². The zero-order chi connectivity index (χ0) is 11.7. The minimum absolute atomic E-state index is 0.170. The number of hydrogen-bond acceptors (Lipinski definition) is 5. The van der Waals surface area contributed by atoms with Crippen molar-refractivity contribution in [1.82, 2.24) is 0 Å². The first-order valence-corrected chi connectivity index (χ1v) is 4.55. The first kappa shape index (κ1) is 13.5. The van der Waals surface area contributed by atoms with E-state index in [0.29, 0.717) is 12.2 Å². The van der Waals surface area contributed by atoms with E-state index in [1.165, 1.54) is 6.08 Å². The highest BCUT2D eigenvalue weighted by molar-refractivity contribution is 5.86. The smallest absolute Gasteiger partial charge is 0.333 e. The van der Waals surface area contributed by atoms with Crippen LogP contribution >= 0.6 is 0 Å². The monoisotopic (exact) mass is 213 g/mol. The van der Waals surface area contributed by atoms with Crippen LogP contribution in [0.5, 0.6) is 0 Å². The van der Waals surface area contributed by atoms with Crippen LogP contribution < -0.4 is 0 Å². The first-order valence-electron chi connectivity index (χ1n) is 4.55. The topological polar surface area (TPSA) is 65.0 Å². The van der Waals surface area contributed by atoms with Gasteiger partial charge in [0, 0.05) is 5.57 Å². The molecule has 0 aliphatic heterocycles. The molecule has 0 radical (unpaired) electrons. The van der Waals surface area contributed by atoms with Crippen molar-refractivity contribution in [2.45, 2.75) is 19.9 Å². The summed E-state index contributed by atoms with van der Waals surface area (Å²) in [6.07, 6.45) is 1.44. The average Bonchev–Trinajstić information content (AvgIpc) is 2.17. The number of isocyanates is 1. The standard InChI is InChI=1S/C10H15NO4/c1-8(2)10(13)15-5-4-14-6-9(3)11-7-12/h9H,1,4-6H2,2-3H3. The lowest BCUT2D eigenvalue weighted by molar-refractivity contribution is -0.140. The molecule has 15 heavy (non-hydrogen) atoms. The molecule has 0 aliphatic carbocycles. The summed E-state index contributed by atoms with van der Waals surface area (Å²) in [7, 11) is 0. The molecule has 0 aromatic rings. The van der Waals surface area contributed by atoms with E-state index >= 15 is 0 Å². The summed E-state index contributed by atoms with van der Waals surface area (Å²) in [5.74, 6) is -0.433. The summed E-state index contributed by atoms with van der Waals surface area (Å²) in [5.41, 5.74) is 0.355. The summed E-state index contributed by atoms with van der Waals surface area (Å²) in [6, 6.07) is -0.223. The van der Waals surface area contributed by atoms with Crippen molar-refractivity contribution in [3.05, 3.63) is 12.2 Å². The van der Waals surface area contributed by atoms with Crippen molar-refractivity contribution >= 4 is 12.0 Å². The molecular weight excluding hydrogens is 198 g/mol. The van der Waals surface area contributed by atoms with Crippen molar-refractivity contribution in [3.8, 4) is 0 Å². The van der Waals surface area contributed by atoms with Gasteiger partial charge in [0.2, 0.25) is 6.08 Å². The third-order valence-electron chi connectivity index (χ3n) is 1.44. The van der Waals surface area contributed by atoms with Crippen LogP contribution in [0, 0.1) is 0 Å². The van der Waals surface area contributed by atoms with Gasteiger partial charge >= 0.3 is 5.97 Å². The van der Waals surface area contributed by atoms with Crippen LogP contribution in [0.3, 0.4) is 0 Å². The fourth-order valence-electron chi connectivity index (χ4n) is 0.698. The van der Waals surface area contributed by atoms with Crippen molar-refractivity contribution < 1.29 is 19.1 Å². The molecule has 5 nitrogen and oxygen atoms in total. The Morgan fingerprint density at radius 2 is 2.20 bits per heavy atom. The number of ether oxygens (including phenoxy) is 2. The molecule has 0 saturated carbocycles. The second kappa shape index (κ2) is 7.91. The second-order valence-electron chi connectivity index (χ2n) is 3.06. The molecule has 0 spiro atoms. The Bertz CT molecular complexity index is 269. The van der Waals surface area contributed by atoms with Gasteiger partial charge in [-0.2, -0.15) is 0 Å². The predicted molar refractivity (Wildman–Crippen MR) is 54.2 cm³/mol. The van der Waals surface area contributed by atoms with E-state index < -0.39 is 5.97 Å². The highest BCUT2D eigenvalue weighted by atomic mass is 16.6. The van der Waals surface area contributed by atoms with Gasteiger partial charge in [-0.05, 0) is 13.8 Å². The maximum atomic E-state index is 10.9. The minimum atomic E-state index is -0.433. The van der Waals surface area contributed by atoms with Gasteiger partial charge in [0.1, 0.15) is 6.61 Å². The Morgan fingerprint density at radius 1 is 1.53 bits per heavy atom. The SMILES string of the molecule is C=C(C)C(=O)OCCOCC(C)N=C=O. The van der Waals surface area contributed by atoms with E-state index in [0.717, 1.165) is 0 Å². The molecule has 84 valence electrons. The Balaban J connectivity index is 3.43. The summed E-state index contributed by atoms with van der Waals surface area (Å²) >= 11 is 0. The third kappa shape index (κ3) is 7.61. The number of carbonyl (C=O) groups is 1. The van der Waals surface area contributed by atoms with Crippen molar-refractivity contribution in [2.24, 2.45) is 4.99 Å². The van der Waals surface area contributed by atoms with Crippen LogP contribution in [-0.2, 0) is 19.1 Å². The quantitative estimate of drug-likeness (QED) is 0.207. The molecule has 1 atom stereocenters. The van der Waals surface area contributed by atoms with E-state index in [1.807, 2.05) is 0 Å². The number of esters is 1. The summed E-state index contributed by atoms with van der Waals surface area (Å²) in [4.78, 5) is 24.2. The molecule has 0 heterocycles. The Labute approximate surface area is 88.8 Å². The number of aliphatic imine (C=N–C) groups is 1. The molecule has 0 aromatic carbocycles. The van der Waals surface area contributed by atoms with Crippen molar-refractivity contribution in [1.29, 1.82) is 0 Å². The molecule has 0 saturated heterocycles. The molecule has 0 rings (SSSR count). The van der Waals surface area contributed by atoms with Gasteiger partial charge in [0.15, 0.2) is 0 Å².